The molecule has 1 aromatic rings. The quantitative estimate of drug-likeness (QED) is 0.825. The van der Waals surface area contributed by atoms with Gasteiger partial charge in [0.15, 0.2) is 0 Å². The van der Waals surface area contributed by atoms with Crippen LogP contribution in [0.3, 0.4) is 0 Å². The van der Waals surface area contributed by atoms with E-state index in [9.17, 15) is 9.59 Å². The number of nitrogens with one attached hydrogen (secondary N) is 2. The van der Waals surface area contributed by atoms with Crippen molar-refractivity contribution in [2.45, 2.75) is 13.8 Å². The van der Waals surface area contributed by atoms with Gasteiger partial charge in [-0.25, -0.2) is 0 Å². The van der Waals surface area contributed by atoms with Gasteiger partial charge in [-0.2, -0.15) is 0 Å². The van der Waals surface area contributed by atoms with E-state index in [0.29, 0.717) is 36.7 Å². The van der Waals surface area contributed by atoms with Gasteiger partial charge in [0.1, 0.15) is 0 Å². The van der Waals surface area contributed by atoms with Crippen LogP contribution in [0.4, 0.5) is 0 Å². The van der Waals surface area contributed by atoms with Crippen molar-refractivity contribution in [1.29, 1.82) is 0 Å². The van der Waals surface area contributed by atoms with Gasteiger partial charge in [0, 0.05) is 49.8 Å². The molecule has 5 heteroatoms. The van der Waals surface area contributed by atoms with Crippen molar-refractivity contribution in [3.63, 3.8) is 0 Å². The molecule has 0 aliphatic carbocycles. The average Bonchev–Trinajstić information content (AvgIpc) is 2.46. The van der Waals surface area contributed by atoms with Gasteiger partial charge in [-0.15, -0.1) is 0 Å². The van der Waals surface area contributed by atoms with Gasteiger partial charge in [-0.1, -0.05) is 0 Å². The zero-order chi connectivity index (χ0) is 15.2. The van der Waals surface area contributed by atoms with Crippen molar-refractivity contribution in [2.24, 2.45) is 5.92 Å². The minimum absolute atomic E-state index is 0.00694. The summed E-state index contributed by atoms with van der Waals surface area (Å²) < 4.78 is 0. The maximum absolute atomic E-state index is 12.2. The topological polar surface area (TPSA) is 61.4 Å². The highest BCUT2D eigenvalue weighted by atomic mass is 16.2. The lowest BCUT2D eigenvalue weighted by Gasteiger charge is -2.27. The van der Waals surface area contributed by atoms with Gasteiger partial charge in [-0.05, 0) is 38.1 Å². The number of amides is 2. The Morgan fingerprint density at radius 1 is 1.14 bits per heavy atom. The van der Waals surface area contributed by atoms with Gasteiger partial charge < -0.3 is 15.5 Å². The summed E-state index contributed by atoms with van der Waals surface area (Å²) in [7, 11) is 0. The molecule has 2 rings (SSSR count). The van der Waals surface area contributed by atoms with E-state index in [1.807, 2.05) is 13.8 Å². The highest BCUT2D eigenvalue weighted by molar-refractivity contribution is 5.97. The first-order valence-electron chi connectivity index (χ1n) is 7.54. The SMILES string of the molecule is CCN(CC)C(=O)c1ccc(C(=O)NCC2CNC2)cc1. The minimum atomic E-state index is -0.0799. The lowest BCUT2D eigenvalue weighted by atomic mass is 10.0. The van der Waals surface area contributed by atoms with E-state index in [2.05, 4.69) is 10.6 Å². The summed E-state index contributed by atoms with van der Waals surface area (Å²) in [5.74, 6) is 0.466. The fourth-order valence-corrected chi connectivity index (χ4v) is 2.29. The third kappa shape index (κ3) is 3.82. The maximum Gasteiger partial charge on any atom is 0.253 e. The molecule has 0 saturated carbocycles. The van der Waals surface area contributed by atoms with Gasteiger partial charge in [0.2, 0.25) is 0 Å². The Balaban J connectivity index is 1.94. The predicted octanol–water partition coefficient (Wildman–Crippen LogP) is 1.12. The molecule has 2 amide bonds. The van der Waals surface area contributed by atoms with E-state index in [4.69, 9.17) is 0 Å². The van der Waals surface area contributed by atoms with Crippen molar-refractivity contribution in [3.8, 4) is 0 Å². The van der Waals surface area contributed by atoms with Crippen LogP contribution in [0, 0.1) is 5.92 Å². The number of hydrogen-bond donors (Lipinski definition) is 2. The number of benzene rings is 1. The Morgan fingerprint density at radius 3 is 2.19 bits per heavy atom. The zero-order valence-corrected chi connectivity index (χ0v) is 12.7. The van der Waals surface area contributed by atoms with Crippen LogP contribution in [0.5, 0.6) is 0 Å². The molecule has 1 aliphatic rings. The first kappa shape index (κ1) is 15.5. The lowest BCUT2D eigenvalue weighted by molar-refractivity contribution is 0.0772. The highest BCUT2D eigenvalue weighted by Crippen LogP contribution is 2.08. The molecule has 1 heterocycles. The first-order valence-corrected chi connectivity index (χ1v) is 7.54. The van der Waals surface area contributed by atoms with Crippen LogP contribution in [0.25, 0.3) is 0 Å². The van der Waals surface area contributed by atoms with E-state index in [-0.39, 0.29) is 11.8 Å². The molecule has 0 aromatic heterocycles. The summed E-state index contributed by atoms with van der Waals surface area (Å²) in [6, 6.07) is 6.87. The molecular weight excluding hydrogens is 266 g/mol. The molecule has 0 spiro atoms. The number of nitrogens with zero attached hydrogens (tertiary/aromatic N) is 1. The fourth-order valence-electron chi connectivity index (χ4n) is 2.29. The van der Waals surface area contributed by atoms with Crippen molar-refractivity contribution in [1.82, 2.24) is 15.5 Å². The molecule has 1 aliphatic heterocycles. The predicted molar refractivity (Wildman–Crippen MR) is 82.4 cm³/mol. The van der Waals surface area contributed by atoms with Crippen LogP contribution in [-0.2, 0) is 0 Å². The normalized spacial score (nSPS) is 14.4. The number of carbonyl (C=O) groups is 2. The second-order valence-corrected chi connectivity index (χ2v) is 5.29. The van der Waals surface area contributed by atoms with Crippen molar-refractivity contribution >= 4 is 11.8 Å². The fraction of sp³-hybridized carbons (Fsp3) is 0.500. The van der Waals surface area contributed by atoms with E-state index >= 15 is 0 Å². The van der Waals surface area contributed by atoms with Crippen LogP contribution < -0.4 is 10.6 Å². The monoisotopic (exact) mass is 289 g/mol. The second-order valence-electron chi connectivity index (χ2n) is 5.29. The Labute approximate surface area is 125 Å². The minimum Gasteiger partial charge on any atom is -0.352 e. The molecule has 1 aromatic carbocycles. The Morgan fingerprint density at radius 2 is 1.71 bits per heavy atom. The van der Waals surface area contributed by atoms with E-state index in [1.165, 1.54) is 0 Å². The molecular formula is C16H23N3O2. The summed E-state index contributed by atoms with van der Waals surface area (Å²) in [5, 5.41) is 6.09. The van der Waals surface area contributed by atoms with E-state index in [0.717, 1.165) is 13.1 Å². The molecule has 1 saturated heterocycles. The van der Waals surface area contributed by atoms with Crippen LogP contribution >= 0.6 is 0 Å². The Bertz CT molecular complexity index is 491. The van der Waals surface area contributed by atoms with Gasteiger partial charge in [0.05, 0.1) is 0 Å². The summed E-state index contributed by atoms with van der Waals surface area (Å²) >= 11 is 0. The van der Waals surface area contributed by atoms with E-state index in [1.54, 1.807) is 29.2 Å². The van der Waals surface area contributed by atoms with Crippen LogP contribution in [-0.4, -0.2) is 49.4 Å². The Kier molecular flexibility index (Phi) is 5.33. The molecule has 0 bridgehead atoms. The van der Waals surface area contributed by atoms with Gasteiger partial charge >= 0.3 is 0 Å². The average molecular weight is 289 g/mol. The molecule has 5 nitrogen and oxygen atoms in total. The summed E-state index contributed by atoms with van der Waals surface area (Å²) in [6.45, 7) is 7.93. The number of carbonyl (C=O) groups excluding carboxylic acids is 2. The van der Waals surface area contributed by atoms with Crippen molar-refractivity contribution in [3.05, 3.63) is 35.4 Å². The molecule has 0 atom stereocenters. The maximum atomic E-state index is 12.2. The lowest BCUT2D eigenvalue weighted by Crippen LogP contribution is -2.48. The second kappa shape index (κ2) is 7.22. The van der Waals surface area contributed by atoms with E-state index < -0.39 is 0 Å². The third-order valence-corrected chi connectivity index (χ3v) is 3.86. The van der Waals surface area contributed by atoms with Gasteiger partial charge in [-0.3, -0.25) is 9.59 Å². The number of hydrogen-bond acceptors (Lipinski definition) is 3. The molecule has 21 heavy (non-hydrogen) atoms. The van der Waals surface area contributed by atoms with Crippen LogP contribution in [0.2, 0.25) is 0 Å². The van der Waals surface area contributed by atoms with Crippen molar-refractivity contribution in [2.75, 3.05) is 32.7 Å². The Hall–Kier alpha value is -1.88. The standard InChI is InChI=1S/C16H23N3O2/c1-3-19(4-2)16(21)14-7-5-13(6-8-14)15(20)18-11-12-9-17-10-12/h5-8,12,17H,3-4,9-11H2,1-2H3,(H,18,20). The van der Waals surface area contributed by atoms with Crippen molar-refractivity contribution < 1.29 is 9.59 Å². The molecule has 1 fully saturated rings. The summed E-state index contributed by atoms with van der Waals surface area (Å²) in [5.41, 5.74) is 1.22. The molecule has 0 radical (unpaired) electrons. The smallest absolute Gasteiger partial charge is 0.253 e. The van der Waals surface area contributed by atoms with Crippen LogP contribution in [0.15, 0.2) is 24.3 Å². The van der Waals surface area contributed by atoms with Gasteiger partial charge in [0.25, 0.3) is 11.8 Å². The molecule has 114 valence electrons. The largest absolute Gasteiger partial charge is 0.352 e. The molecule has 2 N–H and O–H groups in total. The zero-order valence-electron chi connectivity index (χ0n) is 12.7. The summed E-state index contributed by atoms with van der Waals surface area (Å²) in [6.07, 6.45) is 0. The van der Waals surface area contributed by atoms with Crippen LogP contribution in [0.1, 0.15) is 34.6 Å². The highest BCUT2D eigenvalue weighted by Gasteiger charge is 2.18. The third-order valence-electron chi connectivity index (χ3n) is 3.86. The summed E-state index contributed by atoms with van der Waals surface area (Å²) in [4.78, 5) is 25.9. The molecule has 0 unspecified atom stereocenters. The number of rotatable bonds is 6. The first-order chi connectivity index (χ1) is 10.2.